The van der Waals surface area contributed by atoms with E-state index in [2.05, 4.69) is 32.3 Å². The SMILES string of the molecule is CCC(CSC)NC1CCCCC1(C)C. The Morgan fingerprint density at radius 1 is 1.40 bits per heavy atom. The van der Waals surface area contributed by atoms with Gasteiger partial charge in [-0.25, -0.2) is 0 Å². The Morgan fingerprint density at radius 2 is 2.13 bits per heavy atom. The average Bonchev–Trinajstić information content (AvgIpc) is 2.20. The van der Waals surface area contributed by atoms with Crippen LogP contribution >= 0.6 is 11.8 Å². The highest BCUT2D eigenvalue weighted by Gasteiger charge is 2.32. The first-order valence-corrected chi connectivity index (χ1v) is 7.74. The summed E-state index contributed by atoms with van der Waals surface area (Å²) in [6.45, 7) is 7.15. The predicted octanol–water partition coefficient (Wildman–Crippen LogP) is 3.69. The van der Waals surface area contributed by atoms with Crippen LogP contribution in [0.2, 0.25) is 0 Å². The third kappa shape index (κ3) is 3.99. The lowest BCUT2D eigenvalue weighted by Crippen LogP contribution is -2.49. The fourth-order valence-electron chi connectivity index (χ4n) is 2.57. The molecule has 1 fully saturated rings. The van der Waals surface area contributed by atoms with Gasteiger partial charge < -0.3 is 5.32 Å². The normalized spacial score (nSPS) is 27.6. The number of nitrogens with one attached hydrogen (secondary N) is 1. The minimum absolute atomic E-state index is 0.504. The van der Waals surface area contributed by atoms with Gasteiger partial charge in [0, 0.05) is 17.8 Å². The number of thioether (sulfide) groups is 1. The second-order valence-electron chi connectivity index (χ2n) is 5.51. The molecule has 1 rings (SSSR count). The largest absolute Gasteiger partial charge is 0.310 e. The van der Waals surface area contributed by atoms with Gasteiger partial charge in [0.1, 0.15) is 0 Å². The molecule has 1 saturated carbocycles. The zero-order valence-corrected chi connectivity index (χ0v) is 11.6. The maximum atomic E-state index is 3.88. The highest BCUT2D eigenvalue weighted by Crippen LogP contribution is 2.35. The van der Waals surface area contributed by atoms with Crippen LogP contribution in [0, 0.1) is 5.41 Å². The van der Waals surface area contributed by atoms with Gasteiger partial charge in [-0.1, -0.05) is 33.6 Å². The average molecular weight is 229 g/mol. The summed E-state index contributed by atoms with van der Waals surface area (Å²) < 4.78 is 0. The van der Waals surface area contributed by atoms with Gasteiger partial charge in [-0.15, -0.1) is 0 Å². The molecule has 90 valence electrons. The highest BCUT2D eigenvalue weighted by atomic mass is 32.2. The van der Waals surface area contributed by atoms with Crippen molar-refractivity contribution in [3.05, 3.63) is 0 Å². The van der Waals surface area contributed by atoms with Crippen molar-refractivity contribution in [3.8, 4) is 0 Å². The molecule has 0 aromatic carbocycles. The van der Waals surface area contributed by atoms with Crippen molar-refractivity contribution >= 4 is 11.8 Å². The molecule has 1 aliphatic carbocycles. The molecule has 2 heteroatoms. The van der Waals surface area contributed by atoms with E-state index in [0.29, 0.717) is 11.5 Å². The van der Waals surface area contributed by atoms with Crippen LogP contribution in [0.3, 0.4) is 0 Å². The van der Waals surface area contributed by atoms with Gasteiger partial charge in [-0.3, -0.25) is 0 Å². The highest BCUT2D eigenvalue weighted by molar-refractivity contribution is 7.98. The first kappa shape index (κ1) is 13.4. The number of rotatable bonds is 5. The first-order chi connectivity index (χ1) is 7.10. The van der Waals surface area contributed by atoms with E-state index >= 15 is 0 Å². The molecule has 0 heterocycles. The zero-order chi connectivity index (χ0) is 11.3. The summed E-state index contributed by atoms with van der Waals surface area (Å²) in [5, 5.41) is 3.88. The van der Waals surface area contributed by atoms with Crippen LogP contribution in [-0.4, -0.2) is 24.1 Å². The van der Waals surface area contributed by atoms with E-state index in [4.69, 9.17) is 0 Å². The molecule has 1 N–H and O–H groups in total. The van der Waals surface area contributed by atoms with E-state index in [0.717, 1.165) is 6.04 Å². The molecule has 2 atom stereocenters. The molecule has 0 aliphatic heterocycles. The second-order valence-corrected chi connectivity index (χ2v) is 6.42. The Bertz CT molecular complexity index is 179. The summed E-state index contributed by atoms with van der Waals surface area (Å²) in [7, 11) is 0. The Kier molecular flexibility index (Phi) is 5.48. The van der Waals surface area contributed by atoms with Crippen LogP contribution in [0.25, 0.3) is 0 Å². The van der Waals surface area contributed by atoms with Gasteiger partial charge in [0.2, 0.25) is 0 Å². The Morgan fingerprint density at radius 3 is 2.67 bits per heavy atom. The van der Waals surface area contributed by atoms with Crippen molar-refractivity contribution in [1.29, 1.82) is 0 Å². The Labute approximate surface area is 99.8 Å². The maximum absolute atomic E-state index is 3.88. The van der Waals surface area contributed by atoms with Gasteiger partial charge in [0.05, 0.1) is 0 Å². The fourth-order valence-corrected chi connectivity index (χ4v) is 3.31. The van der Waals surface area contributed by atoms with Gasteiger partial charge in [-0.05, 0) is 30.9 Å². The van der Waals surface area contributed by atoms with Crippen molar-refractivity contribution in [3.63, 3.8) is 0 Å². The minimum Gasteiger partial charge on any atom is -0.310 e. The topological polar surface area (TPSA) is 12.0 Å². The summed E-state index contributed by atoms with van der Waals surface area (Å²) in [5.74, 6) is 1.25. The maximum Gasteiger partial charge on any atom is 0.0158 e. The standard InChI is InChI=1S/C13H27NS/c1-5-11(10-15-4)14-12-8-6-7-9-13(12,2)3/h11-12,14H,5-10H2,1-4H3. The molecule has 2 unspecified atom stereocenters. The molecule has 0 aromatic heterocycles. The van der Waals surface area contributed by atoms with Crippen molar-refractivity contribution in [1.82, 2.24) is 5.32 Å². The van der Waals surface area contributed by atoms with E-state index in [1.807, 2.05) is 11.8 Å². The lowest BCUT2D eigenvalue weighted by atomic mass is 9.73. The minimum atomic E-state index is 0.504. The van der Waals surface area contributed by atoms with E-state index in [9.17, 15) is 0 Å². The predicted molar refractivity (Wildman–Crippen MR) is 71.6 cm³/mol. The molecule has 0 radical (unpaired) electrons. The smallest absolute Gasteiger partial charge is 0.0158 e. The van der Waals surface area contributed by atoms with Gasteiger partial charge in [0.15, 0.2) is 0 Å². The molecule has 0 bridgehead atoms. The van der Waals surface area contributed by atoms with E-state index in [1.54, 1.807) is 0 Å². The summed E-state index contributed by atoms with van der Waals surface area (Å²) in [6, 6.07) is 1.45. The first-order valence-electron chi connectivity index (χ1n) is 6.35. The lowest BCUT2D eigenvalue weighted by Gasteiger charge is -2.41. The molecular weight excluding hydrogens is 202 g/mol. The van der Waals surface area contributed by atoms with Crippen molar-refractivity contribution in [2.75, 3.05) is 12.0 Å². The Balaban J connectivity index is 2.46. The van der Waals surface area contributed by atoms with E-state index in [1.165, 1.54) is 37.9 Å². The lowest BCUT2D eigenvalue weighted by molar-refractivity contribution is 0.157. The van der Waals surface area contributed by atoms with Crippen LogP contribution in [-0.2, 0) is 0 Å². The second kappa shape index (κ2) is 6.15. The van der Waals surface area contributed by atoms with Gasteiger partial charge >= 0.3 is 0 Å². The molecule has 0 saturated heterocycles. The molecule has 0 spiro atoms. The molecular formula is C13H27NS. The van der Waals surface area contributed by atoms with Crippen molar-refractivity contribution < 1.29 is 0 Å². The fraction of sp³-hybridized carbons (Fsp3) is 1.00. The number of hydrogen-bond acceptors (Lipinski definition) is 2. The molecule has 0 amide bonds. The summed E-state index contributed by atoms with van der Waals surface area (Å²) in [4.78, 5) is 0. The quantitative estimate of drug-likeness (QED) is 0.772. The van der Waals surface area contributed by atoms with Crippen LogP contribution in [0.4, 0.5) is 0 Å². The summed E-state index contributed by atoms with van der Waals surface area (Å²) in [6.07, 6.45) is 9.06. The van der Waals surface area contributed by atoms with Crippen LogP contribution in [0.5, 0.6) is 0 Å². The molecule has 15 heavy (non-hydrogen) atoms. The van der Waals surface area contributed by atoms with Crippen molar-refractivity contribution in [2.45, 2.75) is 65.0 Å². The zero-order valence-electron chi connectivity index (χ0n) is 10.8. The Hall–Kier alpha value is 0.310. The van der Waals surface area contributed by atoms with Gasteiger partial charge in [-0.2, -0.15) is 11.8 Å². The third-order valence-electron chi connectivity index (χ3n) is 3.80. The van der Waals surface area contributed by atoms with Crippen molar-refractivity contribution in [2.24, 2.45) is 5.41 Å². The molecule has 0 aromatic rings. The monoisotopic (exact) mass is 229 g/mol. The third-order valence-corrected chi connectivity index (χ3v) is 4.54. The molecule has 1 aliphatic rings. The summed E-state index contributed by atoms with van der Waals surface area (Å²) >= 11 is 1.96. The summed E-state index contributed by atoms with van der Waals surface area (Å²) in [5.41, 5.74) is 0.504. The van der Waals surface area contributed by atoms with Crippen LogP contribution < -0.4 is 5.32 Å². The van der Waals surface area contributed by atoms with E-state index in [-0.39, 0.29) is 0 Å². The van der Waals surface area contributed by atoms with E-state index < -0.39 is 0 Å². The van der Waals surface area contributed by atoms with Crippen LogP contribution in [0.1, 0.15) is 52.9 Å². The molecule has 1 nitrogen and oxygen atoms in total. The number of hydrogen-bond donors (Lipinski definition) is 1. The van der Waals surface area contributed by atoms with Gasteiger partial charge in [0.25, 0.3) is 0 Å². The van der Waals surface area contributed by atoms with Crippen LogP contribution in [0.15, 0.2) is 0 Å².